The molecule has 2 aromatic rings. The highest BCUT2D eigenvalue weighted by Gasteiger charge is 2.09. The molecule has 0 bridgehead atoms. The minimum absolute atomic E-state index is 0.120. The predicted molar refractivity (Wildman–Crippen MR) is 114 cm³/mol. The van der Waals surface area contributed by atoms with Crippen molar-refractivity contribution in [2.75, 3.05) is 16.2 Å². The molecule has 156 valence electrons. The molecule has 0 amide bonds. The summed E-state index contributed by atoms with van der Waals surface area (Å²) in [5.41, 5.74) is 12.3. The number of hydrogen-bond acceptors (Lipinski definition) is 6. The Morgan fingerprint density at radius 3 is 2.57 bits per heavy atom. The fraction of sp³-hybridized carbons (Fsp3) is 0.100. The first-order valence-electron chi connectivity index (χ1n) is 8.55. The van der Waals surface area contributed by atoms with Crippen LogP contribution in [-0.2, 0) is 10.0 Å². The molecule has 10 heteroatoms. The average molecular weight is 431 g/mol. The Kier molecular flexibility index (Phi) is 7.66. The standard InChI is InChI=1S/C20H19F2N5O2S/c1-2-15(21)6-4-7-16(22)12-30(28,29)27-17-8-3-5-14(11-17)9-10-18-19(23)25-13-26-20(18)24/h2-5,7-8,11-13,27H,6H2,1H3,(H4,23,24,25,26)/b7-4?,15-2+,16-12-. The van der Waals surface area contributed by atoms with Gasteiger partial charge in [-0.15, -0.1) is 0 Å². The second kappa shape index (κ2) is 10.2. The monoisotopic (exact) mass is 431 g/mol. The third-order valence-corrected chi connectivity index (χ3v) is 4.59. The average Bonchev–Trinajstić information content (AvgIpc) is 2.67. The quantitative estimate of drug-likeness (QED) is 0.476. The Morgan fingerprint density at radius 1 is 1.20 bits per heavy atom. The van der Waals surface area contributed by atoms with Gasteiger partial charge in [-0.3, -0.25) is 4.72 Å². The topological polar surface area (TPSA) is 124 Å². The van der Waals surface area contributed by atoms with Crippen molar-refractivity contribution in [1.82, 2.24) is 9.97 Å². The summed E-state index contributed by atoms with van der Waals surface area (Å²) in [5, 5.41) is 0.401. The molecule has 2 rings (SSSR count). The predicted octanol–water partition coefficient (Wildman–Crippen LogP) is 3.41. The number of anilines is 3. The van der Waals surface area contributed by atoms with Gasteiger partial charge < -0.3 is 11.5 Å². The fourth-order valence-corrected chi connectivity index (χ4v) is 3.01. The number of aromatic nitrogens is 2. The zero-order chi connectivity index (χ0) is 22.1. The molecule has 1 aromatic heterocycles. The summed E-state index contributed by atoms with van der Waals surface area (Å²) in [4.78, 5) is 7.61. The molecule has 0 unspecified atom stereocenters. The van der Waals surface area contributed by atoms with Gasteiger partial charge in [0.2, 0.25) is 0 Å². The molecule has 30 heavy (non-hydrogen) atoms. The highest BCUT2D eigenvalue weighted by molar-refractivity contribution is 7.95. The van der Waals surface area contributed by atoms with Crippen molar-refractivity contribution in [3.63, 3.8) is 0 Å². The van der Waals surface area contributed by atoms with E-state index in [1.807, 2.05) is 0 Å². The molecule has 0 radical (unpaired) electrons. The van der Waals surface area contributed by atoms with Crippen LogP contribution in [0.4, 0.5) is 26.1 Å². The summed E-state index contributed by atoms with van der Waals surface area (Å²) in [6.45, 7) is 1.50. The molecule has 0 saturated heterocycles. The number of nitrogen functional groups attached to an aromatic ring is 2. The Morgan fingerprint density at radius 2 is 1.90 bits per heavy atom. The van der Waals surface area contributed by atoms with Crippen LogP contribution < -0.4 is 16.2 Å². The van der Waals surface area contributed by atoms with Gasteiger partial charge in [0.1, 0.15) is 29.4 Å². The van der Waals surface area contributed by atoms with Crippen LogP contribution in [0.5, 0.6) is 0 Å². The molecule has 0 aliphatic heterocycles. The SMILES string of the molecule is C/C=C(/F)CC=C/C(F)=C/S(=O)(=O)Nc1cccc(C#Cc2c(N)ncnc2N)c1. The van der Waals surface area contributed by atoms with Gasteiger partial charge in [-0.1, -0.05) is 30.1 Å². The number of nitrogens with one attached hydrogen (secondary N) is 1. The number of halogens is 2. The van der Waals surface area contributed by atoms with Crippen molar-refractivity contribution in [2.24, 2.45) is 0 Å². The van der Waals surface area contributed by atoms with E-state index in [0.29, 0.717) is 11.0 Å². The fourth-order valence-electron chi connectivity index (χ4n) is 2.12. The number of benzene rings is 1. The Bertz CT molecular complexity index is 1160. The van der Waals surface area contributed by atoms with E-state index in [1.54, 1.807) is 12.1 Å². The zero-order valence-electron chi connectivity index (χ0n) is 15.9. The molecular weight excluding hydrogens is 412 g/mol. The van der Waals surface area contributed by atoms with Gasteiger partial charge in [0, 0.05) is 12.0 Å². The van der Waals surface area contributed by atoms with Gasteiger partial charge in [0.15, 0.2) is 0 Å². The van der Waals surface area contributed by atoms with Crippen molar-refractivity contribution < 1.29 is 17.2 Å². The summed E-state index contributed by atoms with van der Waals surface area (Å²) in [7, 11) is -4.14. The van der Waals surface area contributed by atoms with E-state index in [2.05, 4.69) is 26.5 Å². The van der Waals surface area contributed by atoms with Gasteiger partial charge >= 0.3 is 0 Å². The molecule has 0 saturated carbocycles. The van der Waals surface area contributed by atoms with E-state index in [4.69, 9.17) is 11.5 Å². The largest absolute Gasteiger partial charge is 0.382 e. The number of hydrogen-bond donors (Lipinski definition) is 3. The second-order valence-electron chi connectivity index (χ2n) is 5.84. The van der Waals surface area contributed by atoms with Crippen LogP contribution in [0.25, 0.3) is 0 Å². The van der Waals surface area contributed by atoms with Gasteiger partial charge in [-0.25, -0.2) is 27.2 Å². The molecule has 7 nitrogen and oxygen atoms in total. The van der Waals surface area contributed by atoms with E-state index >= 15 is 0 Å². The van der Waals surface area contributed by atoms with Crippen LogP contribution in [0.15, 0.2) is 65.9 Å². The minimum Gasteiger partial charge on any atom is -0.382 e. The van der Waals surface area contributed by atoms with E-state index < -0.39 is 21.7 Å². The van der Waals surface area contributed by atoms with E-state index in [0.717, 1.165) is 6.08 Å². The van der Waals surface area contributed by atoms with Gasteiger partial charge in [-0.2, -0.15) is 0 Å². The molecule has 1 heterocycles. The molecule has 1 aromatic carbocycles. The third kappa shape index (κ3) is 7.03. The maximum Gasteiger partial charge on any atom is 0.257 e. The first-order chi connectivity index (χ1) is 14.2. The number of rotatable bonds is 6. The lowest BCUT2D eigenvalue weighted by molar-refractivity contribution is 0.606. The summed E-state index contributed by atoms with van der Waals surface area (Å²) < 4.78 is 53.2. The van der Waals surface area contributed by atoms with Crippen molar-refractivity contribution in [1.29, 1.82) is 0 Å². The number of nitrogens with zero attached hydrogens (tertiary/aromatic N) is 2. The summed E-state index contributed by atoms with van der Waals surface area (Å²) >= 11 is 0. The highest BCUT2D eigenvalue weighted by atomic mass is 32.2. The highest BCUT2D eigenvalue weighted by Crippen LogP contribution is 2.16. The van der Waals surface area contributed by atoms with Crippen molar-refractivity contribution in [2.45, 2.75) is 13.3 Å². The molecule has 0 aliphatic carbocycles. The lowest BCUT2D eigenvalue weighted by Crippen LogP contribution is -2.09. The maximum absolute atomic E-state index is 13.8. The Balaban J connectivity index is 2.17. The van der Waals surface area contributed by atoms with Crippen LogP contribution in [0, 0.1) is 11.8 Å². The van der Waals surface area contributed by atoms with Crippen molar-refractivity contribution in [3.05, 3.63) is 77.0 Å². The molecule has 5 N–H and O–H groups in total. The van der Waals surface area contributed by atoms with Crippen LogP contribution in [0.3, 0.4) is 0 Å². The molecule has 0 aliphatic rings. The van der Waals surface area contributed by atoms with Crippen LogP contribution in [-0.4, -0.2) is 18.4 Å². The van der Waals surface area contributed by atoms with Gasteiger partial charge in [0.05, 0.1) is 16.9 Å². The smallest absolute Gasteiger partial charge is 0.257 e. The van der Waals surface area contributed by atoms with E-state index in [1.165, 1.54) is 37.5 Å². The van der Waals surface area contributed by atoms with Gasteiger partial charge in [-0.05, 0) is 31.2 Å². The van der Waals surface area contributed by atoms with Crippen LogP contribution >= 0.6 is 0 Å². The Labute approximate surface area is 173 Å². The zero-order valence-corrected chi connectivity index (χ0v) is 16.7. The lowest BCUT2D eigenvalue weighted by atomic mass is 10.2. The van der Waals surface area contributed by atoms with Crippen LogP contribution in [0.2, 0.25) is 0 Å². The maximum atomic E-state index is 13.8. The van der Waals surface area contributed by atoms with Crippen LogP contribution in [0.1, 0.15) is 24.5 Å². The van der Waals surface area contributed by atoms with Gasteiger partial charge in [0.25, 0.3) is 10.0 Å². The first-order valence-corrected chi connectivity index (χ1v) is 10.1. The van der Waals surface area contributed by atoms with Crippen molar-refractivity contribution >= 4 is 27.3 Å². The second-order valence-corrected chi connectivity index (χ2v) is 7.37. The molecule has 0 atom stereocenters. The first kappa shape index (κ1) is 22.6. The number of sulfonamides is 1. The summed E-state index contributed by atoms with van der Waals surface area (Å²) in [6, 6.07) is 6.12. The van der Waals surface area contributed by atoms with E-state index in [9.17, 15) is 17.2 Å². The molecular formula is C20H19F2N5O2S. The Hall–Kier alpha value is -3.71. The molecule has 0 fully saturated rings. The summed E-state index contributed by atoms with van der Waals surface area (Å²) in [6.07, 6.45) is 4.36. The minimum atomic E-state index is -4.14. The van der Waals surface area contributed by atoms with E-state index in [-0.39, 0.29) is 29.3 Å². The third-order valence-electron chi connectivity index (χ3n) is 3.53. The molecule has 0 spiro atoms. The normalized spacial score (nSPS) is 12.5. The van der Waals surface area contributed by atoms with Crippen molar-refractivity contribution in [3.8, 4) is 11.8 Å². The number of nitrogens with two attached hydrogens (primary N) is 2. The summed E-state index contributed by atoms with van der Waals surface area (Å²) in [5.74, 6) is 4.27. The lowest BCUT2D eigenvalue weighted by Gasteiger charge is -2.05. The number of allylic oxidation sites excluding steroid dienone is 5.